The lowest BCUT2D eigenvalue weighted by atomic mass is 10.1. The summed E-state index contributed by atoms with van der Waals surface area (Å²) in [5, 5.41) is 0. The van der Waals surface area contributed by atoms with Crippen molar-refractivity contribution in [2.45, 2.75) is 38.1 Å². The van der Waals surface area contributed by atoms with Crippen LogP contribution in [0.2, 0.25) is 0 Å². The van der Waals surface area contributed by atoms with Crippen LogP contribution in [0.25, 0.3) is 0 Å². The van der Waals surface area contributed by atoms with Gasteiger partial charge in [0, 0.05) is 6.42 Å². The molecule has 0 aliphatic carbocycles. The minimum atomic E-state index is -0.117. The van der Waals surface area contributed by atoms with E-state index in [9.17, 15) is 0 Å². The van der Waals surface area contributed by atoms with E-state index in [-0.39, 0.29) is 12.4 Å². The predicted molar refractivity (Wildman–Crippen MR) is 97.1 cm³/mol. The molecule has 0 aromatic heterocycles. The van der Waals surface area contributed by atoms with Crippen molar-refractivity contribution < 1.29 is 18.9 Å². The fourth-order valence-electron chi connectivity index (χ4n) is 3.16. The molecule has 1 fully saturated rings. The van der Waals surface area contributed by atoms with Gasteiger partial charge in [0.1, 0.15) is 0 Å². The molecule has 1 heterocycles. The van der Waals surface area contributed by atoms with Gasteiger partial charge in [-0.25, -0.2) is 0 Å². The Labute approximate surface area is 149 Å². The van der Waals surface area contributed by atoms with E-state index in [1.165, 1.54) is 5.56 Å². The third-order valence-electron chi connectivity index (χ3n) is 4.52. The Morgan fingerprint density at radius 2 is 1.76 bits per heavy atom. The Morgan fingerprint density at radius 1 is 0.960 bits per heavy atom. The van der Waals surface area contributed by atoms with Gasteiger partial charge in [0.05, 0.1) is 26.9 Å². The molecule has 2 atom stereocenters. The molecule has 2 unspecified atom stereocenters. The van der Waals surface area contributed by atoms with Crippen molar-refractivity contribution >= 4 is 0 Å². The Bertz CT molecular complexity index is 656. The van der Waals surface area contributed by atoms with Crippen LogP contribution in [0.4, 0.5) is 0 Å². The summed E-state index contributed by atoms with van der Waals surface area (Å²) in [4.78, 5) is 0. The van der Waals surface area contributed by atoms with E-state index in [2.05, 4.69) is 24.3 Å². The molecule has 1 saturated heterocycles. The fraction of sp³-hybridized carbons (Fsp3) is 0.429. The van der Waals surface area contributed by atoms with Crippen LogP contribution in [0, 0.1) is 0 Å². The molecule has 0 radical (unpaired) electrons. The van der Waals surface area contributed by atoms with Gasteiger partial charge in [-0.3, -0.25) is 0 Å². The number of hydrogen-bond donors (Lipinski definition) is 0. The molecule has 1 aliphatic heterocycles. The first kappa shape index (κ1) is 17.8. The minimum absolute atomic E-state index is 0.0546. The zero-order valence-corrected chi connectivity index (χ0v) is 14.9. The highest BCUT2D eigenvalue weighted by atomic mass is 16.7. The van der Waals surface area contributed by atoms with Crippen molar-refractivity contribution in [2.75, 3.05) is 20.8 Å². The van der Waals surface area contributed by atoms with Gasteiger partial charge in [-0.15, -0.1) is 0 Å². The second-order valence-corrected chi connectivity index (χ2v) is 6.21. The average Bonchev–Trinajstić information content (AvgIpc) is 3.14. The molecule has 0 N–H and O–H groups in total. The Kier molecular flexibility index (Phi) is 6.31. The summed E-state index contributed by atoms with van der Waals surface area (Å²) in [5.41, 5.74) is 2.45. The molecule has 25 heavy (non-hydrogen) atoms. The van der Waals surface area contributed by atoms with Crippen LogP contribution in [0.1, 0.15) is 36.5 Å². The molecular weight excluding hydrogens is 316 g/mol. The molecule has 3 rings (SSSR count). The van der Waals surface area contributed by atoms with E-state index >= 15 is 0 Å². The summed E-state index contributed by atoms with van der Waals surface area (Å²) in [6.45, 7) is 0.720. The summed E-state index contributed by atoms with van der Waals surface area (Å²) in [7, 11) is 3.29. The van der Waals surface area contributed by atoms with Crippen LogP contribution >= 0.6 is 0 Å². The zero-order valence-electron chi connectivity index (χ0n) is 14.9. The van der Waals surface area contributed by atoms with Crippen LogP contribution in [0.5, 0.6) is 11.5 Å². The molecular formula is C21H26O4. The first-order valence-corrected chi connectivity index (χ1v) is 8.83. The molecule has 2 aromatic rings. The Morgan fingerprint density at radius 3 is 2.52 bits per heavy atom. The molecule has 0 amide bonds. The van der Waals surface area contributed by atoms with Crippen LogP contribution in [-0.2, 0) is 15.9 Å². The molecule has 134 valence electrons. The third kappa shape index (κ3) is 4.74. The van der Waals surface area contributed by atoms with Crippen LogP contribution in [0.15, 0.2) is 48.5 Å². The number of rotatable bonds is 8. The molecule has 4 nitrogen and oxygen atoms in total. The van der Waals surface area contributed by atoms with Crippen molar-refractivity contribution in [3.63, 3.8) is 0 Å². The van der Waals surface area contributed by atoms with Crippen LogP contribution in [-0.4, -0.2) is 27.1 Å². The number of hydrogen-bond acceptors (Lipinski definition) is 4. The third-order valence-corrected chi connectivity index (χ3v) is 4.52. The van der Waals surface area contributed by atoms with Crippen molar-refractivity contribution in [3.05, 3.63) is 59.7 Å². The van der Waals surface area contributed by atoms with Crippen LogP contribution < -0.4 is 9.47 Å². The van der Waals surface area contributed by atoms with Crippen molar-refractivity contribution in [1.82, 2.24) is 0 Å². The van der Waals surface area contributed by atoms with E-state index in [0.717, 1.165) is 49.4 Å². The van der Waals surface area contributed by atoms with Crippen molar-refractivity contribution in [2.24, 2.45) is 0 Å². The van der Waals surface area contributed by atoms with Crippen molar-refractivity contribution in [3.8, 4) is 11.5 Å². The summed E-state index contributed by atoms with van der Waals surface area (Å²) < 4.78 is 22.6. The maximum absolute atomic E-state index is 6.05. The normalized spacial score (nSPS) is 19.8. The van der Waals surface area contributed by atoms with Gasteiger partial charge >= 0.3 is 0 Å². The van der Waals surface area contributed by atoms with Crippen LogP contribution in [0.3, 0.4) is 0 Å². The Balaban J connectivity index is 1.45. The SMILES string of the molecule is COc1ccc(C2CCC(OCCCc3ccccc3)O2)cc1OC. The highest BCUT2D eigenvalue weighted by Crippen LogP contribution is 2.37. The monoisotopic (exact) mass is 342 g/mol. The van der Waals surface area contributed by atoms with Gasteiger partial charge in [0.25, 0.3) is 0 Å². The summed E-state index contributed by atoms with van der Waals surface area (Å²) >= 11 is 0. The van der Waals surface area contributed by atoms with E-state index in [0.29, 0.717) is 0 Å². The predicted octanol–water partition coefficient (Wildman–Crippen LogP) is 4.53. The highest BCUT2D eigenvalue weighted by Gasteiger charge is 2.27. The summed E-state index contributed by atoms with van der Waals surface area (Å²) in [6.07, 6.45) is 3.86. The maximum atomic E-state index is 6.05. The molecule has 1 aliphatic rings. The first-order chi connectivity index (χ1) is 12.3. The lowest BCUT2D eigenvalue weighted by Crippen LogP contribution is -2.13. The van der Waals surface area contributed by atoms with E-state index < -0.39 is 0 Å². The second kappa shape index (κ2) is 8.88. The molecule has 2 aromatic carbocycles. The topological polar surface area (TPSA) is 36.9 Å². The second-order valence-electron chi connectivity index (χ2n) is 6.21. The zero-order chi connectivity index (χ0) is 17.5. The van der Waals surface area contributed by atoms with Gasteiger partial charge in [-0.1, -0.05) is 36.4 Å². The molecule has 0 bridgehead atoms. The number of ether oxygens (including phenoxy) is 4. The van der Waals surface area contributed by atoms with E-state index in [4.69, 9.17) is 18.9 Å². The standard InChI is InChI=1S/C21H26O4/c1-22-19-11-10-17(15-20(19)23-2)18-12-13-21(25-18)24-14-6-9-16-7-4-3-5-8-16/h3-5,7-8,10-11,15,18,21H,6,9,12-14H2,1-2H3. The van der Waals surface area contributed by atoms with E-state index in [1.54, 1.807) is 14.2 Å². The van der Waals surface area contributed by atoms with E-state index in [1.807, 2.05) is 24.3 Å². The summed E-state index contributed by atoms with van der Waals surface area (Å²) in [5.74, 6) is 1.47. The largest absolute Gasteiger partial charge is 0.493 e. The maximum Gasteiger partial charge on any atom is 0.161 e. The quantitative estimate of drug-likeness (QED) is 0.661. The van der Waals surface area contributed by atoms with Crippen molar-refractivity contribution in [1.29, 1.82) is 0 Å². The average molecular weight is 342 g/mol. The first-order valence-electron chi connectivity index (χ1n) is 8.83. The minimum Gasteiger partial charge on any atom is -0.493 e. The van der Waals surface area contributed by atoms with Gasteiger partial charge in [-0.05, 0) is 42.5 Å². The van der Waals surface area contributed by atoms with Gasteiger partial charge in [-0.2, -0.15) is 0 Å². The smallest absolute Gasteiger partial charge is 0.161 e. The summed E-state index contributed by atoms with van der Waals surface area (Å²) in [6, 6.07) is 16.4. The molecule has 4 heteroatoms. The Hall–Kier alpha value is -2.04. The lowest BCUT2D eigenvalue weighted by Gasteiger charge is -2.16. The van der Waals surface area contributed by atoms with Gasteiger partial charge < -0.3 is 18.9 Å². The fourth-order valence-corrected chi connectivity index (χ4v) is 3.16. The number of benzene rings is 2. The lowest BCUT2D eigenvalue weighted by molar-refractivity contribution is -0.135. The molecule has 0 spiro atoms. The number of methoxy groups -OCH3 is 2. The highest BCUT2D eigenvalue weighted by molar-refractivity contribution is 5.43. The molecule has 0 saturated carbocycles. The van der Waals surface area contributed by atoms with Gasteiger partial charge in [0.2, 0.25) is 0 Å². The van der Waals surface area contributed by atoms with Gasteiger partial charge in [0.15, 0.2) is 17.8 Å². The number of aryl methyl sites for hydroxylation is 1.